The SMILES string of the molecule is OB(O)c1ccc(C2CCCCCCC2)cc1. The second-order valence-electron chi connectivity index (χ2n) is 5.08. The number of rotatable bonds is 2. The Balaban J connectivity index is 2.04. The van der Waals surface area contributed by atoms with Gasteiger partial charge in [0.25, 0.3) is 0 Å². The summed E-state index contributed by atoms with van der Waals surface area (Å²) in [6.45, 7) is 0. The summed E-state index contributed by atoms with van der Waals surface area (Å²) in [5, 5.41) is 18.1. The molecule has 0 heterocycles. The van der Waals surface area contributed by atoms with E-state index in [1.54, 1.807) is 0 Å². The molecule has 0 bridgehead atoms. The topological polar surface area (TPSA) is 40.5 Å². The van der Waals surface area contributed by atoms with Crippen LogP contribution in [0.3, 0.4) is 0 Å². The van der Waals surface area contributed by atoms with Gasteiger partial charge in [-0.05, 0) is 29.8 Å². The van der Waals surface area contributed by atoms with Gasteiger partial charge >= 0.3 is 7.12 Å². The van der Waals surface area contributed by atoms with Gasteiger partial charge in [-0.1, -0.05) is 56.4 Å². The van der Waals surface area contributed by atoms with Crippen LogP contribution in [0.25, 0.3) is 0 Å². The first-order valence-electron chi connectivity index (χ1n) is 6.73. The van der Waals surface area contributed by atoms with Crippen molar-refractivity contribution in [3.05, 3.63) is 29.8 Å². The van der Waals surface area contributed by atoms with E-state index in [2.05, 4.69) is 12.1 Å². The van der Waals surface area contributed by atoms with E-state index in [9.17, 15) is 0 Å². The Hall–Kier alpha value is -0.795. The standard InChI is InChI=1S/C14H21BO2/c16-15(17)14-10-8-13(9-11-14)12-6-4-2-1-3-5-7-12/h8-12,16-17H,1-7H2. The minimum absolute atomic E-state index is 0.583. The summed E-state index contributed by atoms with van der Waals surface area (Å²) >= 11 is 0. The maximum absolute atomic E-state index is 9.06. The summed E-state index contributed by atoms with van der Waals surface area (Å²) in [7, 11) is -1.35. The highest BCUT2D eigenvalue weighted by molar-refractivity contribution is 6.58. The molecule has 0 spiro atoms. The molecule has 3 heteroatoms. The second kappa shape index (κ2) is 6.22. The molecule has 2 nitrogen and oxygen atoms in total. The molecule has 0 saturated heterocycles. The maximum Gasteiger partial charge on any atom is 0.488 e. The monoisotopic (exact) mass is 232 g/mol. The Kier molecular flexibility index (Phi) is 4.63. The molecule has 1 aromatic carbocycles. The highest BCUT2D eigenvalue weighted by Crippen LogP contribution is 2.30. The molecule has 2 rings (SSSR count). The van der Waals surface area contributed by atoms with Crippen LogP contribution in [0, 0.1) is 0 Å². The van der Waals surface area contributed by atoms with Gasteiger partial charge < -0.3 is 10.0 Å². The lowest BCUT2D eigenvalue weighted by atomic mass is 9.78. The first-order chi connectivity index (χ1) is 8.27. The third kappa shape index (κ3) is 3.58. The molecule has 1 aliphatic rings. The fourth-order valence-electron chi connectivity index (χ4n) is 2.73. The molecule has 2 N–H and O–H groups in total. The predicted octanol–water partition coefficient (Wildman–Crippen LogP) is 2.19. The Morgan fingerprint density at radius 1 is 0.824 bits per heavy atom. The third-order valence-electron chi connectivity index (χ3n) is 3.81. The minimum Gasteiger partial charge on any atom is -0.423 e. The zero-order valence-electron chi connectivity index (χ0n) is 10.3. The molecule has 1 aromatic rings. The zero-order chi connectivity index (χ0) is 12.1. The van der Waals surface area contributed by atoms with E-state index >= 15 is 0 Å². The summed E-state index contributed by atoms with van der Waals surface area (Å²) in [6, 6.07) is 7.78. The number of hydrogen-bond acceptors (Lipinski definition) is 2. The fraction of sp³-hybridized carbons (Fsp3) is 0.571. The fourth-order valence-corrected chi connectivity index (χ4v) is 2.73. The summed E-state index contributed by atoms with van der Waals surface area (Å²) in [5.41, 5.74) is 1.94. The van der Waals surface area contributed by atoms with Crippen LogP contribution < -0.4 is 5.46 Å². The van der Waals surface area contributed by atoms with Gasteiger partial charge in [0.05, 0.1) is 0 Å². The predicted molar refractivity (Wildman–Crippen MR) is 71.3 cm³/mol. The smallest absolute Gasteiger partial charge is 0.423 e. The van der Waals surface area contributed by atoms with Crippen molar-refractivity contribution in [3.8, 4) is 0 Å². The van der Waals surface area contributed by atoms with Crippen molar-refractivity contribution in [1.82, 2.24) is 0 Å². The largest absolute Gasteiger partial charge is 0.488 e. The maximum atomic E-state index is 9.06. The molecule has 0 aliphatic heterocycles. The molecule has 92 valence electrons. The summed E-state index contributed by atoms with van der Waals surface area (Å²) in [4.78, 5) is 0. The van der Waals surface area contributed by atoms with Crippen molar-refractivity contribution in [1.29, 1.82) is 0 Å². The molecule has 0 atom stereocenters. The van der Waals surface area contributed by atoms with Gasteiger partial charge in [0.15, 0.2) is 0 Å². The Morgan fingerprint density at radius 3 is 1.88 bits per heavy atom. The Morgan fingerprint density at radius 2 is 1.35 bits per heavy atom. The van der Waals surface area contributed by atoms with Crippen LogP contribution in [-0.4, -0.2) is 17.2 Å². The minimum atomic E-state index is -1.35. The van der Waals surface area contributed by atoms with Gasteiger partial charge in [-0.25, -0.2) is 0 Å². The van der Waals surface area contributed by atoms with E-state index in [1.807, 2.05) is 12.1 Å². The van der Waals surface area contributed by atoms with Crippen molar-refractivity contribution in [2.24, 2.45) is 0 Å². The third-order valence-corrected chi connectivity index (χ3v) is 3.81. The van der Waals surface area contributed by atoms with Gasteiger partial charge in [-0.2, -0.15) is 0 Å². The van der Waals surface area contributed by atoms with Crippen LogP contribution in [-0.2, 0) is 0 Å². The van der Waals surface area contributed by atoms with E-state index in [4.69, 9.17) is 10.0 Å². The van der Waals surface area contributed by atoms with Gasteiger partial charge in [0.1, 0.15) is 0 Å². The van der Waals surface area contributed by atoms with Crippen molar-refractivity contribution < 1.29 is 10.0 Å². The molecule has 17 heavy (non-hydrogen) atoms. The van der Waals surface area contributed by atoms with Crippen molar-refractivity contribution in [2.45, 2.75) is 50.9 Å². The van der Waals surface area contributed by atoms with Crippen LogP contribution in [0.5, 0.6) is 0 Å². The summed E-state index contributed by atoms with van der Waals surface area (Å²) < 4.78 is 0. The van der Waals surface area contributed by atoms with Crippen LogP contribution in [0.2, 0.25) is 0 Å². The van der Waals surface area contributed by atoms with Crippen molar-refractivity contribution >= 4 is 12.6 Å². The van der Waals surface area contributed by atoms with Crippen molar-refractivity contribution in [2.75, 3.05) is 0 Å². The highest BCUT2D eigenvalue weighted by Gasteiger charge is 2.15. The normalized spacial score (nSPS) is 18.5. The average molecular weight is 232 g/mol. The lowest BCUT2D eigenvalue weighted by molar-refractivity contribution is 0.425. The quantitative estimate of drug-likeness (QED) is 0.767. The van der Waals surface area contributed by atoms with E-state index in [0.29, 0.717) is 11.4 Å². The molecule has 1 aliphatic carbocycles. The summed E-state index contributed by atoms with van der Waals surface area (Å²) in [5.74, 6) is 0.667. The van der Waals surface area contributed by atoms with Crippen LogP contribution in [0.15, 0.2) is 24.3 Å². The second-order valence-corrected chi connectivity index (χ2v) is 5.08. The Bertz CT molecular complexity index is 327. The molecule has 0 radical (unpaired) electrons. The number of benzene rings is 1. The molecule has 0 aromatic heterocycles. The highest BCUT2D eigenvalue weighted by atomic mass is 16.4. The van der Waals surface area contributed by atoms with E-state index in [1.165, 1.54) is 50.5 Å². The van der Waals surface area contributed by atoms with E-state index in [-0.39, 0.29) is 0 Å². The van der Waals surface area contributed by atoms with Crippen LogP contribution in [0.1, 0.15) is 56.4 Å². The van der Waals surface area contributed by atoms with E-state index in [0.717, 1.165) is 0 Å². The lowest BCUT2D eigenvalue weighted by Gasteiger charge is -2.20. The van der Waals surface area contributed by atoms with Crippen LogP contribution >= 0.6 is 0 Å². The average Bonchev–Trinajstić information content (AvgIpc) is 2.29. The van der Waals surface area contributed by atoms with Gasteiger partial charge in [0, 0.05) is 0 Å². The first kappa shape index (κ1) is 12.7. The first-order valence-corrected chi connectivity index (χ1v) is 6.73. The van der Waals surface area contributed by atoms with Crippen molar-refractivity contribution in [3.63, 3.8) is 0 Å². The van der Waals surface area contributed by atoms with E-state index < -0.39 is 7.12 Å². The van der Waals surface area contributed by atoms with Crippen LogP contribution in [0.4, 0.5) is 0 Å². The molecule has 0 unspecified atom stereocenters. The van der Waals surface area contributed by atoms with Gasteiger partial charge in [0.2, 0.25) is 0 Å². The van der Waals surface area contributed by atoms with Gasteiger partial charge in [-0.15, -0.1) is 0 Å². The lowest BCUT2D eigenvalue weighted by Crippen LogP contribution is -2.29. The molecule has 0 amide bonds. The zero-order valence-corrected chi connectivity index (χ0v) is 10.3. The van der Waals surface area contributed by atoms with Gasteiger partial charge in [-0.3, -0.25) is 0 Å². The molecular weight excluding hydrogens is 211 g/mol. The Labute approximate surface area is 104 Å². The molecule has 1 saturated carbocycles. The molecular formula is C14H21BO2. The number of hydrogen-bond donors (Lipinski definition) is 2. The molecule has 1 fully saturated rings. The summed E-state index contributed by atoms with van der Waals surface area (Å²) in [6.07, 6.45) is 9.34.